The molecule has 8 heteroatoms. The van der Waals surface area contributed by atoms with Crippen LogP contribution < -0.4 is 14.7 Å². The van der Waals surface area contributed by atoms with Crippen LogP contribution >= 0.6 is 0 Å². The second-order valence-electron chi connectivity index (χ2n) is 15.5. The van der Waals surface area contributed by atoms with Crippen molar-refractivity contribution in [2.75, 3.05) is 13.4 Å². The van der Waals surface area contributed by atoms with Crippen LogP contribution in [0.5, 0.6) is 11.5 Å². The molecule has 0 radical (unpaired) electrons. The fourth-order valence-electron chi connectivity index (χ4n) is 11.4. The van der Waals surface area contributed by atoms with Crippen LogP contribution in [0.1, 0.15) is 88.9 Å². The lowest BCUT2D eigenvalue weighted by Crippen LogP contribution is -2.99. The molecule has 8 nitrogen and oxygen atoms in total. The van der Waals surface area contributed by atoms with E-state index in [1.54, 1.807) is 6.07 Å². The molecule has 3 N–H and O–H groups in total. The Balaban J connectivity index is 1.12. The monoisotopic (exact) mass is 601 g/mol. The number of benzene rings is 3. The molecule has 0 amide bonds. The van der Waals surface area contributed by atoms with Gasteiger partial charge in [0.1, 0.15) is 12.2 Å². The van der Waals surface area contributed by atoms with E-state index in [9.17, 15) is 20.3 Å². The Hall–Kier alpha value is -2.91. The molecule has 4 fully saturated rings. The van der Waals surface area contributed by atoms with Gasteiger partial charge in [-0.25, -0.2) is 10.0 Å². The first-order valence-corrected chi connectivity index (χ1v) is 16.4. The molecule has 1 heterocycles. The Morgan fingerprint density at radius 3 is 2.68 bits per heavy atom. The van der Waals surface area contributed by atoms with Gasteiger partial charge in [0.25, 0.3) is 0 Å². The van der Waals surface area contributed by atoms with Crippen molar-refractivity contribution in [3.8, 4) is 11.5 Å². The quantitative estimate of drug-likeness (QED) is 0.179. The minimum absolute atomic E-state index is 0.00141. The first kappa shape index (κ1) is 28.6. The number of ether oxygens (including phenoxy) is 3. The van der Waals surface area contributed by atoms with Crippen molar-refractivity contribution >= 4 is 33.2 Å². The summed E-state index contributed by atoms with van der Waals surface area (Å²) in [5, 5.41) is 36.1. The maximum absolute atomic E-state index is 13.9. The zero-order valence-electron chi connectivity index (χ0n) is 25.9. The highest BCUT2D eigenvalue weighted by Gasteiger charge is 2.67. The van der Waals surface area contributed by atoms with Crippen LogP contribution in [0.2, 0.25) is 0 Å². The van der Waals surface area contributed by atoms with Gasteiger partial charge >= 0.3 is 5.97 Å². The summed E-state index contributed by atoms with van der Waals surface area (Å²) in [5.74, 6) is 1.55. The Morgan fingerprint density at radius 2 is 1.86 bits per heavy atom. The molecule has 7 atom stereocenters. The Bertz CT molecular complexity index is 1680. The molecular formula is C36H43NO7. The standard InChI is InChI=1S/C36H43NO7/c1-33(2)12-6-13-34(3)27(33)11-14-35-17-22(9-10-28(34)35)36(39,18-35)19-42-32(38)24-16-26-31(44-20-43-26)30-23-8-5-4-7-21(23)15-25(29(24)30)37(40)41/h4-5,7-8,15-16,22,27-28,37,39-40H,6,9-14,17-20H2,1-3H3. The number of hydrogen-bond donors (Lipinski definition) is 3. The normalized spacial score (nSPS) is 35.7. The molecule has 44 heavy (non-hydrogen) atoms. The van der Waals surface area contributed by atoms with E-state index in [1.165, 1.54) is 31.7 Å². The summed E-state index contributed by atoms with van der Waals surface area (Å²) in [7, 11) is 0. The summed E-state index contributed by atoms with van der Waals surface area (Å²) in [6.45, 7) is 7.35. The maximum atomic E-state index is 13.9. The number of hydrogen-bond acceptors (Lipinski definition) is 7. The highest BCUT2D eigenvalue weighted by Crippen LogP contribution is 2.72. The highest BCUT2D eigenvalue weighted by atomic mass is 16.8. The van der Waals surface area contributed by atoms with Crippen molar-refractivity contribution < 1.29 is 34.5 Å². The molecule has 0 aromatic heterocycles. The minimum atomic E-state index is -1.14. The number of carbonyl (C=O) groups is 1. The summed E-state index contributed by atoms with van der Waals surface area (Å²) in [6, 6.07) is 10.6. The number of fused-ring (bicyclic) bond motifs is 8. The lowest BCUT2D eigenvalue weighted by Gasteiger charge is -2.64. The zero-order valence-corrected chi connectivity index (χ0v) is 25.9. The van der Waals surface area contributed by atoms with Gasteiger partial charge in [-0.15, -0.1) is 0 Å². The predicted molar refractivity (Wildman–Crippen MR) is 165 cm³/mol. The van der Waals surface area contributed by atoms with Crippen LogP contribution in [0.15, 0.2) is 36.4 Å². The third-order valence-corrected chi connectivity index (χ3v) is 13.0. The fourth-order valence-corrected chi connectivity index (χ4v) is 11.4. The van der Waals surface area contributed by atoms with E-state index in [0.717, 1.165) is 36.5 Å². The average molecular weight is 602 g/mol. The van der Waals surface area contributed by atoms with E-state index >= 15 is 0 Å². The van der Waals surface area contributed by atoms with Crippen LogP contribution in [0, 0.1) is 39.2 Å². The van der Waals surface area contributed by atoms with E-state index in [2.05, 4.69) is 20.8 Å². The van der Waals surface area contributed by atoms with Crippen LogP contribution in [-0.2, 0) is 4.74 Å². The summed E-state index contributed by atoms with van der Waals surface area (Å²) in [4.78, 5) is 13.9. The van der Waals surface area contributed by atoms with Gasteiger partial charge in [0.15, 0.2) is 17.2 Å². The van der Waals surface area contributed by atoms with Gasteiger partial charge in [-0.2, -0.15) is 5.23 Å². The van der Waals surface area contributed by atoms with Crippen LogP contribution in [-0.4, -0.2) is 35.3 Å². The summed E-state index contributed by atoms with van der Waals surface area (Å²) in [5.41, 5.74) is -0.250. The maximum Gasteiger partial charge on any atom is 0.339 e. The Kier molecular flexibility index (Phi) is 6.20. The minimum Gasteiger partial charge on any atom is -0.595 e. The van der Waals surface area contributed by atoms with Crippen molar-refractivity contribution in [3.05, 3.63) is 47.2 Å². The van der Waals surface area contributed by atoms with Crippen molar-refractivity contribution in [3.63, 3.8) is 0 Å². The number of nitrogens with one attached hydrogen (secondary N) is 1. The summed E-state index contributed by atoms with van der Waals surface area (Å²) in [6.07, 6.45) is 9.92. The lowest BCUT2D eigenvalue weighted by atomic mass is 9.41. The molecule has 7 unspecified atom stereocenters. The molecule has 1 spiro atoms. The van der Waals surface area contributed by atoms with Crippen molar-refractivity contribution in [1.29, 1.82) is 0 Å². The van der Waals surface area contributed by atoms with Crippen molar-refractivity contribution in [2.24, 2.45) is 34.0 Å². The molecule has 2 bridgehead atoms. The lowest BCUT2D eigenvalue weighted by molar-refractivity contribution is -0.990. The largest absolute Gasteiger partial charge is 0.595 e. The van der Waals surface area contributed by atoms with Gasteiger partial charge in [-0.3, -0.25) is 0 Å². The molecule has 234 valence electrons. The molecular weight excluding hydrogens is 558 g/mol. The summed E-state index contributed by atoms with van der Waals surface area (Å²) < 4.78 is 17.5. The van der Waals surface area contributed by atoms with Gasteiger partial charge in [0.05, 0.1) is 10.9 Å². The fraction of sp³-hybridized carbons (Fsp3) is 0.583. The van der Waals surface area contributed by atoms with E-state index in [-0.39, 0.29) is 46.8 Å². The Labute approximate surface area is 257 Å². The molecule has 4 saturated carbocycles. The Morgan fingerprint density at radius 1 is 1.05 bits per heavy atom. The second kappa shape index (κ2) is 9.55. The van der Waals surface area contributed by atoms with Crippen LogP contribution in [0.3, 0.4) is 0 Å². The van der Waals surface area contributed by atoms with Crippen molar-refractivity contribution in [1.82, 2.24) is 0 Å². The number of carbonyl (C=O) groups excluding carboxylic acids is 1. The van der Waals surface area contributed by atoms with Gasteiger partial charge in [0, 0.05) is 11.5 Å². The molecule has 3 aromatic rings. The first-order chi connectivity index (χ1) is 21.0. The van der Waals surface area contributed by atoms with Crippen molar-refractivity contribution in [2.45, 2.75) is 84.2 Å². The molecule has 5 aliphatic rings. The van der Waals surface area contributed by atoms with E-state index in [0.29, 0.717) is 40.6 Å². The molecule has 1 aliphatic heterocycles. The summed E-state index contributed by atoms with van der Waals surface area (Å²) >= 11 is 0. The van der Waals surface area contributed by atoms with Gasteiger partial charge in [0.2, 0.25) is 6.79 Å². The second-order valence-corrected chi connectivity index (χ2v) is 15.5. The molecule has 3 aromatic carbocycles. The van der Waals surface area contributed by atoms with Crippen LogP contribution in [0.4, 0.5) is 5.69 Å². The smallest absolute Gasteiger partial charge is 0.339 e. The number of esters is 1. The predicted octanol–water partition coefficient (Wildman–Crippen LogP) is 6.45. The van der Waals surface area contributed by atoms with Crippen LogP contribution in [0.25, 0.3) is 21.5 Å². The van der Waals surface area contributed by atoms with E-state index in [1.807, 2.05) is 24.3 Å². The number of rotatable bonds is 4. The zero-order chi connectivity index (χ0) is 30.6. The average Bonchev–Trinajstić information content (AvgIpc) is 3.54. The molecule has 4 aliphatic carbocycles. The highest BCUT2D eigenvalue weighted by molar-refractivity contribution is 6.21. The van der Waals surface area contributed by atoms with Gasteiger partial charge < -0.3 is 24.5 Å². The van der Waals surface area contributed by atoms with E-state index < -0.39 is 16.8 Å². The third kappa shape index (κ3) is 3.93. The number of quaternary nitrogens is 1. The molecule has 8 rings (SSSR count). The molecule has 0 saturated heterocycles. The number of aliphatic hydroxyl groups is 1. The van der Waals surface area contributed by atoms with E-state index in [4.69, 9.17) is 14.2 Å². The topological polar surface area (TPSA) is 113 Å². The SMILES string of the molecule is CC1(C)CCCC2(C)C1CCC13CC(CCC12)C(O)(COC(=O)c1cc2c(c4c1c([NH+]([O-])O)cc1ccccc14)OCO2)C3. The third-order valence-electron chi connectivity index (χ3n) is 13.0. The van der Waals surface area contributed by atoms with Gasteiger partial charge in [-0.05, 0) is 102 Å². The van der Waals surface area contributed by atoms with Gasteiger partial charge in [-0.1, -0.05) is 51.5 Å². The first-order valence-electron chi connectivity index (χ1n) is 16.4.